The van der Waals surface area contributed by atoms with E-state index in [1.165, 1.54) is 12.1 Å². The van der Waals surface area contributed by atoms with Crippen LogP contribution in [0.15, 0.2) is 24.3 Å². The van der Waals surface area contributed by atoms with Gasteiger partial charge in [0.05, 0.1) is 6.04 Å². The van der Waals surface area contributed by atoms with Crippen LogP contribution in [0, 0.1) is 11.7 Å². The first-order valence-electron chi connectivity index (χ1n) is 5.82. The topological polar surface area (TPSA) is 55.1 Å². The minimum atomic E-state index is -0.506. The molecule has 0 saturated heterocycles. The smallest absolute Gasteiger partial charge is 0.237 e. The lowest BCUT2D eigenvalue weighted by molar-refractivity contribution is -0.123. The Labute approximate surface area is 113 Å². The summed E-state index contributed by atoms with van der Waals surface area (Å²) in [6, 6.07) is 5.64. The largest absolute Gasteiger partial charge is 0.351 e. The third-order valence-electron chi connectivity index (χ3n) is 2.92. The van der Waals surface area contributed by atoms with Crippen molar-refractivity contribution in [2.45, 2.75) is 32.9 Å². The van der Waals surface area contributed by atoms with Crippen molar-refractivity contribution in [1.29, 1.82) is 0 Å². The van der Waals surface area contributed by atoms with Crippen LogP contribution in [-0.4, -0.2) is 11.9 Å². The molecule has 0 aliphatic heterocycles. The van der Waals surface area contributed by atoms with Crippen LogP contribution in [-0.2, 0) is 11.3 Å². The van der Waals surface area contributed by atoms with Gasteiger partial charge in [-0.25, -0.2) is 4.39 Å². The van der Waals surface area contributed by atoms with Gasteiger partial charge in [-0.15, -0.1) is 12.4 Å². The number of hydrogen-bond donors (Lipinski definition) is 2. The van der Waals surface area contributed by atoms with Crippen LogP contribution in [0.25, 0.3) is 0 Å². The second-order valence-corrected chi connectivity index (χ2v) is 4.26. The Morgan fingerprint density at radius 3 is 2.72 bits per heavy atom. The maximum atomic E-state index is 12.9. The van der Waals surface area contributed by atoms with Crippen LogP contribution < -0.4 is 11.1 Å². The fourth-order valence-electron chi connectivity index (χ4n) is 1.47. The summed E-state index contributed by atoms with van der Waals surface area (Å²) in [5.74, 6) is -0.353. The molecule has 1 rings (SSSR count). The molecule has 0 bridgehead atoms. The van der Waals surface area contributed by atoms with Crippen LogP contribution in [0.4, 0.5) is 4.39 Å². The lowest BCUT2D eigenvalue weighted by Gasteiger charge is -2.17. The Morgan fingerprint density at radius 2 is 2.17 bits per heavy atom. The summed E-state index contributed by atoms with van der Waals surface area (Å²) in [5, 5.41) is 2.71. The van der Waals surface area contributed by atoms with E-state index >= 15 is 0 Å². The monoisotopic (exact) mass is 274 g/mol. The second kappa shape index (κ2) is 8.06. The number of amides is 1. The average molecular weight is 275 g/mol. The molecule has 0 aromatic heterocycles. The molecule has 2 unspecified atom stereocenters. The Morgan fingerprint density at radius 1 is 1.50 bits per heavy atom. The van der Waals surface area contributed by atoms with Gasteiger partial charge >= 0.3 is 0 Å². The van der Waals surface area contributed by atoms with Crippen LogP contribution >= 0.6 is 12.4 Å². The Kier molecular flexibility index (Phi) is 7.55. The quantitative estimate of drug-likeness (QED) is 0.865. The Hall–Kier alpha value is -1.13. The average Bonchev–Trinajstić information content (AvgIpc) is 2.34. The van der Waals surface area contributed by atoms with E-state index in [4.69, 9.17) is 5.73 Å². The first-order chi connectivity index (χ1) is 8.04. The molecule has 0 heterocycles. The van der Waals surface area contributed by atoms with Gasteiger partial charge in [-0.3, -0.25) is 4.79 Å². The molecule has 0 aliphatic rings. The molecule has 1 aromatic carbocycles. The van der Waals surface area contributed by atoms with Gasteiger partial charge in [0.2, 0.25) is 5.91 Å². The maximum absolute atomic E-state index is 12.9. The molecule has 102 valence electrons. The van der Waals surface area contributed by atoms with Gasteiger partial charge in [0.15, 0.2) is 0 Å². The van der Waals surface area contributed by atoms with Gasteiger partial charge in [0.1, 0.15) is 5.82 Å². The van der Waals surface area contributed by atoms with Gasteiger partial charge in [-0.1, -0.05) is 32.4 Å². The number of carbonyl (C=O) groups excluding carboxylic acids is 1. The third-order valence-corrected chi connectivity index (χ3v) is 2.92. The minimum absolute atomic E-state index is 0. The summed E-state index contributed by atoms with van der Waals surface area (Å²) in [7, 11) is 0. The van der Waals surface area contributed by atoms with E-state index < -0.39 is 6.04 Å². The van der Waals surface area contributed by atoms with Crippen LogP contribution in [0.1, 0.15) is 25.8 Å². The maximum Gasteiger partial charge on any atom is 0.237 e. The molecule has 3 N–H and O–H groups in total. The molecular formula is C13H20ClFN2O. The van der Waals surface area contributed by atoms with E-state index in [1.807, 2.05) is 13.8 Å². The predicted molar refractivity (Wildman–Crippen MR) is 72.9 cm³/mol. The zero-order valence-electron chi connectivity index (χ0n) is 10.7. The molecule has 3 nitrogen and oxygen atoms in total. The number of hydrogen-bond acceptors (Lipinski definition) is 2. The molecule has 2 atom stereocenters. The molecular weight excluding hydrogens is 255 g/mol. The molecule has 5 heteroatoms. The molecule has 18 heavy (non-hydrogen) atoms. The second-order valence-electron chi connectivity index (χ2n) is 4.26. The lowest BCUT2D eigenvalue weighted by atomic mass is 9.99. The molecule has 0 aliphatic carbocycles. The molecule has 0 radical (unpaired) electrons. The van der Waals surface area contributed by atoms with Crippen molar-refractivity contribution in [2.75, 3.05) is 0 Å². The summed E-state index contributed by atoms with van der Waals surface area (Å²) >= 11 is 0. The van der Waals surface area contributed by atoms with Crippen LogP contribution in [0.2, 0.25) is 0 Å². The summed E-state index contributed by atoms with van der Waals surface area (Å²) in [4.78, 5) is 11.7. The zero-order chi connectivity index (χ0) is 12.8. The molecule has 1 aromatic rings. The van der Waals surface area contributed by atoms with Crippen molar-refractivity contribution in [2.24, 2.45) is 11.7 Å². The van der Waals surface area contributed by atoms with Gasteiger partial charge in [0.25, 0.3) is 0 Å². The van der Waals surface area contributed by atoms with Crippen molar-refractivity contribution in [3.63, 3.8) is 0 Å². The van der Waals surface area contributed by atoms with Crippen molar-refractivity contribution >= 4 is 18.3 Å². The van der Waals surface area contributed by atoms with E-state index in [-0.39, 0.29) is 30.0 Å². The zero-order valence-corrected chi connectivity index (χ0v) is 11.5. The number of benzene rings is 1. The number of nitrogens with one attached hydrogen (secondary N) is 1. The van der Waals surface area contributed by atoms with Gasteiger partial charge in [-0.2, -0.15) is 0 Å². The van der Waals surface area contributed by atoms with Crippen LogP contribution in [0.3, 0.4) is 0 Å². The van der Waals surface area contributed by atoms with E-state index in [9.17, 15) is 9.18 Å². The highest BCUT2D eigenvalue weighted by Gasteiger charge is 2.18. The van der Waals surface area contributed by atoms with Crippen molar-refractivity contribution in [3.05, 3.63) is 35.6 Å². The predicted octanol–water partition coefficient (Wildman–Crippen LogP) is 2.24. The highest BCUT2D eigenvalue weighted by Crippen LogP contribution is 2.06. The highest BCUT2D eigenvalue weighted by molar-refractivity contribution is 5.85. The molecule has 0 fully saturated rings. The van der Waals surface area contributed by atoms with Crippen molar-refractivity contribution < 1.29 is 9.18 Å². The van der Waals surface area contributed by atoms with Gasteiger partial charge in [-0.05, 0) is 23.6 Å². The number of rotatable bonds is 5. The fourth-order valence-corrected chi connectivity index (χ4v) is 1.47. The summed E-state index contributed by atoms with van der Waals surface area (Å²) in [6.07, 6.45) is 0.856. The van der Waals surface area contributed by atoms with Crippen LogP contribution in [0.5, 0.6) is 0 Å². The van der Waals surface area contributed by atoms with E-state index in [0.717, 1.165) is 12.0 Å². The summed E-state index contributed by atoms with van der Waals surface area (Å²) in [6.45, 7) is 4.23. The first-order valence-corrected chi connectivity index (χ1v) is 5.82. The summed E-state index contributed by atoms with van der Waals surface area (Å²) in [5.41, 5.74) is 6.51. The normalized spacial score (nSPS) is 13.3. The number of halogens is 2. The highest BCUT2D eigenvalue weighted by atomic mass is 35.5. The van der Waals surface area contributed by atoms with Gasteiger partial charge in [0, 0.05) is 6.54 Å². The lowest BCUT2D eigenvalue weighted by Crippen LogP contribution is -2.44. The fraction of sp³-hybridized carbons (Fsp3) is 0.462. The number of carbonyl (C=O) groups is 1. The first kappa shape index (κ1) is 16.9. The van der Waals surface area contributed by atoms with E-state index in [0.29, 0.717) is 6.54 Å². The molecule has 1 amide bonds. The number of nitrogens with two attached hydrogens (primary N) is 1. The van der Waals surface area contributed by atoms with E-state index in [2.05, 4.69) is 5.32 Å². The Bertz CT molecular complexity index is 387. The molecule has 0 saturated carbocycles. The third kappa shape index (κ3) is 5.02. The SMILES string of the molecule is CCC(C)C(N)C(=O)NCc1cccc(F)c1.Cl. The standard InChI is InChI=1S/C13H19FN2O.ClH/c1-3-9(2)12(15)13(17)16-8-10-5-4-6-11(14)7-10;/h4-7,9,12H,3,8,15H2,1-2H3,(H,16,17);1H. The minimum Gasteiger partial charge on any atom is -0.351 e. The molecule has 0 spiro atoms. The van der Waals surface area contributed by atoms with E-state index in [1.54, 1.807) is 12.1 Å². The Balaban J connectivity index is 0.00000289. The summed E-state index contributed by atoms with van der Waals surface area (Å²) < 4.78 is 12.9. The van der Waals surface area contributed by atoms with Crippen molar-refractivity contribution in [3.8, 4) is 0 Å². The van der Waals surface area contributed by atoms with Crippen molar-refractivity contribution in [1.82, 2.24) is 5.32 Å². The van der Waals surface area contributed by atoms with Gasteiger partial charge < -0.3 is 11.1 Å².